The summed E-state index contributed by atoms with van der Waals surface area (Å²) in [5, 5.41) is 0. The molecule has 0 radical (unpaired) electrons. The summed E-state index contributed by atoms with van der Waals surface area (Å²) < 4.78 is 5.33. The Balaban J connectivity index is 1.55. The molecule has 0 unspecified atom stereocenters. The topological polar surface area (TPSA) is 32.8 Å². The number of ether oxygens (including phenoxy) is 1. The molecule has 2 saturated heterocycles. The quantitative estimate of drug-likeness (QED) is 0.796. The van der Waals surface area contributed by atoms with Gasteiger partial charge in [0.1, 0.15) is 0 Å². The molecular formula is C18H24N2O2. The third-order valence-electron chi connectivity index (χ3n) is 5.72. The van der Waals surface area contributed by atoms with Crippen LogP contribution in [0.2, 0.25) is 0 Å². The molecule has 0 N–H and O–H groups in total. The monoisotopic (exact) mass is 300 g/mol. The van der Waals surface area contributed by atoms with Gasteiger partial charge in [0, 0.05) is 19.2 Å². The number of likely N-dealkylation sites (tertiary alicyclic amines) is 1. The molecule has 118 valence electrons. The summed E-state index contributed by atoms with van der Waals surface area (Å²) in [6.45, 7) is 6.65. The van der Waals surface area contributed by atoms with Gasteiger partial charge in [-0.1, -0.05) is 18.2 Å². The largest absolute Gasteiger partial charge is 0.378 e. The average Bonchev–Trinajstić information content (AvgIpc) is 2.47. The Morgan fingerprint density at radius 1 is 1.23 bits per heavy atom. The van der Waals surface area contributed by atoms with Crippen LogP contribution in [0.1, 0.15) is 25.3 Å². The second-order valence-corrected chi connectivity index (χ2v) is 7.14. The highest BCUT2D eigenvalue weighted by Gasteiger charge is 2.42. The van der Waals surface area contributed by atoms with E-state index in [0.29, 0.717) is 6.04 Å². The molecule has 1 aromatic carbocycles. The van der Waals surface area contributed by atoms with Crippen LogP contribution in [0.15, 0.2) is 24.3 Å². The highest BCUT2D eigenvalue weighted by atomic mass is 16.5. The zero-order chi connectivity index (χ0) is 15.2. The lowest BCUT2D eigenvalue weighted by Crippen LogP contribution is -2.56. The molecule has 3 aliphatic rings. The Bertz CT molecular complexity index is 574. The van der Waals surface area contributed by atoms with Crippen molar-refractivity contribution >= 4 is 11.6 Å². The SMILES string of the molecule is CC(=O)N1CC2(CCN(C3COC3)CC2)Cc2ccccc21. The zero-order valence-corrected chi connectivity index (χ0v) is 13.3. The number of anilines is 1. The number of benzene rings is 1. The van der Waals surface area contributed by atoms with Gasteiger partial charge in [0.05, 0.1) is 19.3 Å². The van der Waals surface area contributed by atoms with Crippen LogP contribution >= 0.6 is 0 Å². The van der Waals surface area contributed by atoms with Gasteiger partial charge in [-0.05, 0) is 49.4 Å². The molecule has 1 amide bonds. The average molecular weight is 300 g/mol. The number of hydrogen-bond donors (Lipinski definition) is 0. The number of carbonyl (C=O) groups is 1. The Morgan fingerprint density at radius 3 is 2.59 bits per heavy atom. The number of carbonyl (C=O) groups excluding carboxylic acids is 1. The van der Waals surface area contributed by atoms with Crippen LogP contribution in [0.4, 0.5) is 5.69 Å². The fourth-order valence-electron chi connectivity index (χ4n) is 4.22. The van der Waals surface area contributed by atoms with Gasteiger partial charge in [-0.15, -0.1) is 0 Å². The van der Waals surface area contributed by atoms with E-state index in [2.05, 4.69) is 23.1 Å². The molecule has 4 heteroatoms. The first kappa shape index (κ1) is 14.2. The van der Waals surface area contributed by atoms with Crippen molar-refractivity contribution in [1.82, 2.24) is 4.90 Å². The normalized spacial score (nSPS) is 24.9. The highest BCUT2D eigenvalue weighted by molar-refractivity contribution is 5.93. The summed E-state index contributed by atoms with van der Waals surface area (Å²) in [4.78, 5) is 16.7. The Labute approximate surface area is 132 Å². The zero-order valence-electron chi connectivity index (χ0n) is 13.3. The summed E-state index contributed by atoms with van der Waals surface area (Å²) in [5.74, 6) is 0.168. The Morgan fingerprint density at radius 2 is 1.95 bits per heavy atom. The smallest absolute Gasteiger partial charge is 0.223 e. The third kappa shape index (κ3) is 2.34. The number of para-hydroxylation sites is 1. The van der Waals surface area contributed by atoms with Gasteiger partial charge in [0.2, 0.25) is 5.91 Å². The lowest BCUT2D eigenvalue weighted by molar-refractivity contribution is -0.117. The van der Waals surface area contributed by atoms with Crippen molar-refractivity contribution in [2.75, 3.05) is 37.7 Å². The summed E-state index contributed by atoms with van der Waals surface area (Å²) in [6, 6.07) is 9.04. The minimum absolute atomic E-state index is 0.168. The number of rotatable bonds is 1. The molecule has 4 rings (SSSR count). The predicted octanol–water partition coefficient (Wildman–Crippen LogP) is 2.08. The van der Waals surface area contributed by atoms with Crippen molar-refractivity contribution in [3.05, 3.63) is 29.8 Å². The number of piperidine rings is 1. The molecule has 0 saturated carbocycles. The van der Waals surface area contributed by atoms with Crippen molar-refractivity contribution in [2.45, 2.75) is 32.2 Å². The highest BCUT2D eigenvalue weighted by Crippen LogP contribution is 2.43. The predicted molar refractivity (Wildman–Crippen MR) is 86.0 cm³/mol. The molecule has 0 aromatic heterocycles. The first-order valence-electron chi connectivity index (χ1n) is 8.35. The lowest BCUT2D eigenvalue weighted by atomic mass is 9.70. The van der Waals surface area contributed by atoms with Crippen molar-refractivity contribution in [3.63, 3.8) is 0 Å². The fourth-order valence-corrected chi connectivity index (χ4v) is 4.22. The lowest BCUT2D eigenvalue weighted by Gasteiger charge is -2.50. The second-order valence-electron chi connectivity index (χ2n) is 7.14. The summed E-state index contributed by atoms with van der Waals surface area (Å²) >= 11 is 0. The maximum atomic E-state index is 12.1. The van der Waals surface area contributed by atoms with Crippen molar-refractivity contribution < 1.29 is 9.53 Å². The molecule has 1 spiro atoms. The van der Waals surface area contributed by atoms with Crippen LogP contribution in [0, 0.1) is 5.41 Å². The molecule has 3 heterocycles. The summed E-state index contributed by atoms with van der Waals surface area (Å²) in [6.07, 6.45) is 3.48. The van der Waals surface area contributed by atoms with Gasteiger partial charge in [0.15, 0.2) is 0 Å². The Hall–Kier alpha value is -1.39. The Kier molecular flexibility index (Phi) is 3.46. The van der Waals surface area contributed by atoms with E-state index in [9.17, 15) is 4.79 Å². The van der Waals surface area contributed by atoms with Crippen LogP contribution in [0.3, 0.4) is 0 Å². The third-order valence-corrected chi connectivity index (χ3v) is 5.72. The van der Waals surface area contributed by atoms with Crippen LogP contribution in [0.25, 0.3) is 0 Å². The molecule has 1 aromatic rings. The molecule has 4 nitrogen and oxygen atoms in total. The molecule has 0 aliphatic carbocycles. The van der Waals surface area contributed by atoms with E-state index in [1.165, 1.54) is 18.4 Å². The number of amides is 1. The van der Waals surface area contributed by atoms with Gasteiger partial charge in [-0.3, -0.25) is 9.69 Å². The van der Waals surface area contributed by atoms with Gasteiger partial charge >= 0.3 is 0 Å². The summed E-state index contributed by atoms with van der Waals surface area (Å²) in [5.41, 5.74) is 2.72. The molecule has 22 heavy (non-hydrogen) atoms. The van der Waals surface area contributed by atoms with E-state index in [1.54, 1.807) is 6.92 Å². The molecule has 2 fully saturated rings. The van der Waals surface area contributed by atoms with E-state index < -0.39 is 0 Å². The fraction of sp³-hybridized carbons (Fsp3) is 0.611. The van der Waals surface area contributed by atoms with Gasteiger partial charge in [0.25, 0.3) is 0 Å². The minimum atomic E-state index is 0.168. The number of hydrogen-bond acceptors (Lipinski definition) is 3. The molecule has 3 aliphatic heterocycles. The number of fused-ring (bicyclic) bond motifs is 1. The first-order valence-corrected chi connectivity index (χ1v) is 8.35. The van der Waals surface area contributed by atoms with Crippen molar-refractivity contribution in [3.8, 4) is 0 Å². The van der Waals surface area contributed by atoms with Gasteiger partial charge in [-0.2, -0.15) is 0 Å². The maximum Gasteiger partial charge on any atom is 0.223 e. The first-order chi connectivity index (χ1) is 10.7. The molecule has 0 atom stereocenters. The second kappa shape index (κ2) is 5.36. The van der Waals surface area contributed by atoms with Crippen LogP contribution in [-0.2, 0) is 16.0 Å². The van der Waals surface area contributed by atoms with E-state index in [0.717, 1.165) is 45.0 Å². The minimum Gasteiger partial charge on any atom is -0.378 e. The molecular weight excluding hydrogens is 276 g/mol. The standard InChI is InChI=1S/C18H24N2O2/c1-14(21)20-13-18(10-15-4-2-3-5-17(15)20)6-8-19(9-7-18)16-11-22-12-16/h2-5,16H,6-13H2,1H3. The van der Waals surface area contributed by atoms with Crippen LogP contribution in [-0.4, -0.2) is 49.7 Å². The van der Waals surface area contributed by atoms with E-state index in [1.807, 2.05) is 11.0 Å². The van der Waals surface area contributed by atoms with Gasteiger partial charge < -0.3 is 9.64 Å². The summed E-state index contributed by atoms with van der Waals surface area (Å²) in [7, 11) is 0. The van der Waals surface area contributed by atoms with E-state index in [-0.39, 0.29) is 11.3 Å². The molecule has 0 bridgehead atoms. The van der Waals surface area contributed by atoms with Crippen molar-refractivity contribution in [2.24, 2.45) is 5.41 Å². The van der Waals surface area contributed by atoms with Crippen LogP contribution in [0.5, 0.6) is 0 Å². The van der Waals surface area contributed by atoms with E-state index >= 15 is 0 Å². The van der Waals surface area contributed by atoms with Crippen molar-refractivity contribution in [1.29, 1.82) is 0 Å². The maximum absolute atomic E-state index is 12.1. The van der Waals surface area contributed by atoms with Gasteiger partial charge in [-0.25, -0.2) is 0 Å². The van der Waals surface area contributed by atoms with E-state index in [4.69, 9.17) is 4.74 Å². The van der Waals surface area contributed by atoms with Crippen LogP contribution < -0.4 is 4.90 Å². The number of nitrogens with zero attached hydrogens (tertiary/aromatic N) is 2.